The van der Waals surface area contributed by atoms with Crippen LogP contribution in [-0.4, -0.2) is 17.3 Å². The summed E-state index contributed by atoms with van der Waals surface area (Å²) in [4.78, 5) is 12.7. The smallest absolute Gasteiger partial charge is 0.251 e. The largest absolute Gasteiger partial charge is 0.351 e. The van der Waals surface area contributed by atoms with Crippen LogP contribution >= 0.6 is 15.9 Å². The minimum atomic E-state index is 0.0374. The molecule has 0 heterocycles. The molecule has 1 N–H and O–H groups in total. The first-order valence-electron chi connectivity index (χ1n) is 7.40. The van der Waals surface area contributed by atoms with E-state index in [1.165, 1.54) is 5.56 Å². The van der Waals surface area contributed by atoms with Crippen molar-refractivity contribution in [1.29, 1.82) is 0 Å². The molecule has 1 aromatic rings. The Hall–Kier alpha value is -0.830. The van der Waals surface area contributed by atoms with Gasteiger partial charge in [0.1, 0.15) is 0 Å². The van der Waals surface area contributed by atoms with Crippen molar-refractivity contribution >= 4 is 21.8 Å². The van der Waals surface area contributed by atoms with Gasteiger partial charge in [-0.15, -0.1) is 0 Å². The lowest BCUT2D eigenvalue weighted by molar-refractivity contribution is 0.0951. The first kappa shape index (κ1) is 17.2. The van der Waals surface area contributed by atoms with E-state index in [9.17, 15) is 4.79 Å². The molecule has 0 radical (unpaired) electrons. The molecule has 3 heteroatoms. The average Bonchev–Trinajstić information content (AvgIpc) is 2.36. The minimum Gasteiger partial charge on any atom is -0.351 e. The van der Waals surface area contributed by atoms with Gasteiger partial charge in [0.2, 0.25) is 0 Å². The number of rotatable bonds is 6. The molecule has 1 rings (SSSR count). The van der Waals surface area contributed by atoms with Crippen LogP contribution in [0.1, 0.15) is 53.7 Å². The molecule has 1 amide bonds. The van der Waals surface area contributed by atoms with Crippen LogP contribution in [0.25, 0.3) is 0 Å². The van der Waals surface area contributed by atoms with Gasteiger partial charge in [-0.3, -0.25) is 4.79 Å². The molecule has 0 aliphatic heterocycles. The molecule has 0 saturated carbocycles. The summed E-state index contributed by atoms with van der Waals surface area (Å²) < 4.78 is 0. The lowest BCUT2D eigenvalue weighted by Gasteiger charge is -2.20. The van der Waals surface area contributed by atoms with Crippen molar-refractivity contribution in [3.63, 3.8) is 0 Å². The summed E-state index contributed by atoms with van der Waals surface area (Å²) in [6.07, 6.45) is 2.26. The monoisotopic (exact) mass is 339 g/mol. The Morgan fingerprint density at radius 3 is 2.10 bits per heavy atom. The van der Waals surface area contributed by atoms with Gasteiger partial charge in [0.15, 0.2) is 0 Å². The number of hydrogen-bond donors (Lipinski definition) is 1. The van der Waals surface area contributed by atoms with Gasteiger partial charge < -0.3 is 5.32 Å². The van der Waals surface area contributed by atoms with E-state index in [1.807, 2.05) is 13.8 Å². The fourth-order valence-corrected chi connectivity index (χ4v) is 3.69. The summed E-state index contributed by atoms with van der Waals surface area (Å²) in [5.41, 5.74) is 4.12. The maximum Gasteiger partial charge on any atom is 0.251 e. The van der Waals surface area contributed by atoms with E-state index in [0.717, 1.165) is 29.5 Å². The molecule has 0 fully saturated rings. The van der Waals surface area contributed by atoms with Crippen molar-refractivity contribution in [2.45, 2.75) is 52.3 Å². The Morgan fingerprint density at radius 1 is 1.15 bits per heavy atom. The van der Waals surface area contributed by atoms with E-state index in [4.69, 9.17) is 0 Å². The molecule has 1 aromatic carbocycles. The zero-order valence-electron chi connectivity index (χ0n) is 13.2. The molecule has 2 nitrogen and oxygen atoms in total. The second kappa shape index (κ2) is 7.82. The molecule has 20 heavy (non-hydrogen) atoms. The molecule has 0 aromatic heterocycles. The van der Waals surface area contributed by atoms with E-state index in [1.54, 1.807) is 0 Å². The van der Waals surface area contributed by atoms with Crippen LogP contribution in [0.5, 0.6) is 0 Å². The molecule has 0 saturated heterocycles. The summed E-state index contributed by atoms with van der Waals surface area (Å²) in [7, 11) is 0. The molecule has 1 atom stereocenters. The quantitative estimate of drug-likeness (QED) is 0.757. The van der Waals surface area contributed by atoms with E-state index in [0.29, 0.717) is 17.3 Å². The number of aryl methyl sites for hydroxylation is 3. The Kier molecular flexibility index (Phi) is 6.74. The van der Waals surface area contributed by atoms with Crippen molar-refractivity contribution in [3.05, 3.63) is 34.4 Å². The number of nitrogens with one attached hydrogen (secondary N) is 1. The van der Waals surface area contributed by atoms with Gasteiger partial charge >= 0.3 is 0 Å². The summed E-state index contributed by atoms with van der Waals surface area (Å²) in [5.74, 6) is 0.644. The van der Waals surface area contributed by atoms with Crippen LogP contribution in [0.4, 0.5) is 0 Å². The highest BCUT2D eigenvalue weighted by molar-refractivity contribution is 9.09. The first-order chi connectivity index (χ1) is 9.40. The topological polar surface area (TPSA) is 29.1 Å². The van der Waals surface area contributed by atoms with Gasteiger partial charge in [-0.2, -0.15) is 0 Å². The van der Waals surface area contributed by atoms with Gasteiger partial charge in [0, 0.05) is 16.9 Å². The zero-order valence-corrected chi connectivity index (χ0v) is 14.8. The molecule has 1 unspecified atom stereocenters. The van der Waals surface area contributed by atoms with Crippen LogP contribution in [0.15, 0.2) is 12.1 Å². The Morgan fingerprint density at radius 2 is 1.65 bits per heavy atom. The summed E-state index contributed by atoms with van der Waals surface area (Å²) >= 11 is 3.70. The predicted molar refractivity (Wildman–Crippen MR) is 89.8 cm³/mol. The Bertz CT molecular complexity index is 443. The van der Waals surface area contributed by atoms with Crippen LogP contribution in [-0.2, 0) is 0 Å². The second-order valence-corrected chi connectivity index (χ2v) is 6.75. The van der Waals surface area contributed by atoms with E-state index in [-0.39, 0.29) is 5.91 Å². The summed E-state index contributed by atoms with van der Waals surface area (Å²) in [5, 5.41) is 3.06. The highest BCUT2D eigenvalue weighted by Crippen LogP contribution is 2.20. The molecule has 0 spiro atoms. The summed E-state index contributed by atoms with van der Waals surface area (Å²) in [6.45, 7) is 11.1. The number of carbonyl (C=O) groups excluding carboxylic acids is 1. The lowest BCUT2D eigenvalue weighted by atomic mass is 9.98. The lowest BCUT2D eigenvalue weighted by Crippen LogP contribution is -2.33. The third-order valence-corrected chi connectivity index (χ3v) is 4.99. The molecule has 0 bridgehead atoms. The van der Waals surface area contributed by atoms with E-state index in [2.05, 4.69) is 54.2 Å². The molecule has 0 aliphatic rings. The van der Waals surface area contributed by atoms with Crippen LogP contribution in [0.3, 0.4) is 0 Å². The molecular formula is C17H26BrNO. The fraction of sp³-hybridized carbons (Fsp3) is 0.588. The maximum absolute atomic E-state index is 12.4. The van der Waals surface area contributed by atoms with Gasteiger partial charge in [-0.05, 0) is 37.8 Å². The van der Waals surface area contributed by atoms with Gasteiger partial charge in [-0.25, -0.2) is 0 Å². The van der Waals surface area contributed by atoms with E-state index >= 15 is 0 Å². The normalized spacial score (nSPS) is 12.6. The maximum atomic E-state index is 12.4. The summed E-state index contributed by atoms with van der Waals surface area (Å²) in [6, 6.07) is 4.13. The molecule has 112 valence electrons. The second-order valence-electron chi connectivity index (χ2n) is 5.58. The number of carbonyl (C=O) groups is 1. The van der Waals surface area contributed by atoms with Crippen molar-refractivity contribution < 1.29 is 4.79 Å². The number of amides is 1. The molecular weight excluding hydrogens is 314 g/mol. The highest BCUT2D eigenvalue weighted by atomic mass is 79.9. The zero-order chi connectivity index (χ0) is 15.3. The van der Waals surface area contributed by atoms with Crippen molar-refractivity contribution in [3.8, 4) is 0 Å². The minimum absolute atomic E-state index is 0.0374. The third-order valence-electron chi connectivity index (χ3n) is 3.92. The standard InChI is InChI=1S/C17H26BrNO/c1-6-14(7-2)15(18)10-19-17(20)16-12(4)8-11(3)9-13(16)5/h8-9,14-15H,6-7,10H2,1-5H3,(H,19,20). The van der Waals surface area contributed by atoms with Crippen LogP contribution in [0, 0.1) is 26.7 Å². The number of halogens is 1. The third kappa shape index (κ3) is 4.34. The molecule has 0 aliphatic carbocycles. The van der Waals surface area contributed by atoms with Crippen molar-refractivity contribution in [1.82, 2.24) is 5.32 Å². The van der Waals surface area contributed by atoms with Gasteiger partial charge in [0.05, 0.1) is 0 Å². The van der Waals surface area contributed by atoms with Gasteiger partial charge in [0.25, 0.3) is 5.91 Å². The van der Waals surface area contributed by atoms with Crippen molar-refractivity contribution in [2.24, 2.45) is 5.92 Å². The van der Waals surface area contributed by atoms with Crippen molar-refractivity contribution in [2.75, 3.05) is 6.54 Å². The Labute approximate surface area is 131 Å². The average molecular weight is 340 g/mol. The fourth-order valence-electron chi connectivity index (χ4n) is 2.78. The number of hydrogen-bond acceptors (Lipinski definition) is 1. The van der Waals surface area contributed by atoms with Gasteiger partial charge in [-0.1, -0.05) is 60.3 Å². The number of benzene rings is 1. The van der Waals surface area contributed by atoms with Crippen LogP contribution in [0.2, 0.25) is 0 Å². The van der Waals surface area contributed by atoms with Crippen LogP contribution < -0.4 is 5.32 Å². The Balaban J connectivity index is 2.73. The highest BCUT2D eigenvalue weighted by Gasteiger charge is 2.18. The number of alkyl halides is 1. The SMILES string of the molecule is CCC(CC)C(Br)CNC(=O)c1c(C)cc(C)cc1C. The van der Waals surface area contributed by atoms with E-state index < -0.39 is 0 Å². The predicted octanol–water partition coefficient (Wildman–Crippen LogP) is 4.54. The first-order valence-corrected chi connectivity index (χ1v) is 8.32.